The number of ether oxygens (including phenoxy) is 1. The number of benzene rings is 1. The molecule has 1 aromatic carbocycles. The summed E-state index contributed by atoms with van der Waals surface area (Å²) in [5.41, 5.74) is 19.3. The molecule has 7 atom stereocenters. The molecular formula is C91H137BBrCl2CuF6LiN14O13S14. The fraction of sp³-hybridized carbons (Fsp3) is 0.560. The maximum atomic E-state index is 15.0. The first-order chi connectivity index (χ1) is 63.0. The van der Waals surface area contributed by atoms with Crippen LogP contribution in [-0.2, 0) is 114 Å². The van der Waals surface area contributed by atoms with Crippen LogP contribution < -0.4 is 51.3 Å². The van der Waals surface area contributed by atoms with Gasteiger partial charge in [0.1, 0.15) is 100 Å². The Morgan fingerprint density at radius 1 is 0.632 bits per heavy atom. The number of methoxy groups -OCH3 is 1. The molecule has 10 N–H and O–H groups in total. The smallest absolute Gasteiger partial charge is 1.00 e. The van der Waals surface area contributed by atoms with Crippen LogP contribution >= 0.6 is 119 Å². The normalized spacial score (nSPS) is 19.5. The number of rotatable bonds is 19. The number of nitrogens with zero attached hydrogens (tertiary/aromatic N) is 8. The van der Waals surface area contributed by atoms with Crippen LogP contribution in [-0.4, -0.2) is 156 Å². The number of sulfone groups is 5. The summed E-state index contributed by atoms with van der Waals surface area (Å²) in [6.45, 7) is 44.9. The Kier molecular flexibility index (Phi) is 57.3. The number of thiophene rings is 6. The number of H-pyrrole nitrogens is 1. The van der Waals surface area contributed by atoms with E-state index in [0.717, 1.165) is 63.3 Å². The van der Waals surface area contributed by atoms with Crippen LogP contribution in [0, 0.1) is 81.2 Å². The molecule has 8 aromatic rings. The number of aromatic nitrogens is 1. The Morgan fingerprint density at radius 2 is 1.02 bits per heavy atom. The van der Waals surface area contributed by atoms with Gasteiger partial charge in [-0.1, -0.05) is 47.8 Å². The maximum Gasteiger partial charge on any atom is 1.00 e. The van der Waals surface area contributed by atoms with Crippen LogP contribution in [0.25, 0.3) is 21.5 Å². The molecule has 0 bridgehead atoms. The van der Waals surface area contributed by atoms with E-state index < -0.39 is 167 Å². The Labute approximate surface area is 925 Å². The standard InChI is InChI=1S/C20H22FN3O3S2.C16H25FN2OS2.C11H14BrFN2O2S2.2C11H15FN2O2S2.C10H14FNOS2.C5H9NO2S.C4H9.3CH4.BHNS.2ClH.Cu.Li/c1-19(2)18(22)24-20(3,10-29(19,25)26)17-12(21)9-15(28-17)13-8-11-6-5-7-14(27-4)16(11)23-13;1-14(2,3)22(20)19-16(6,9-8-15(4,5)11-18)13-12(17)7-10-21-13;1-10(2)9(14)15-11(3,5-19(10,16)17)8-6(13)4-7(12)18-8;1-10(2)9(13)14-11(3,6-18(10,15)16)8-7(12)4-5-17-8;1-10(2,6-13)18(15,16)7-11(3,14)9-8(12)4-5-17-9;1-7(9-8(11)5-6-14-9)12-15(13)10(2,3)4;1-5(2,4-6)9(3,7)8;1-3-4-2;;;;1-2-3;;;;/h5-9,23H,10H2,1-4H3,(H2,22,24);7,10,19H,8-9H2,1-6H3;4H,5H2,1-3H3,(H2,14,15);4-5H,6H2,1-3H3,(H2,13,14);4-5H,7,14H2,1-3H3;5-6H,1-4H3;1-3H3;1,3-4H2,2H3;3*1H4;3H;2*1H;;/q;;;;;;;-1;;;;;;;2*+1/p-1/t20-;16-,22+;3*11-;15-;;;;;;;;;;/m000001........../s1. The zero-order chi connectivity index (χ0) is 108. The van der Waals surface area contributed by atoms with E-state index in [0.29, 0.717) is 47.6 Å². The van der Waals surface area contributed by atoms with E-state index in [1.807, 2.05) is 86.6 Å². The average Bonchev–Trinajstić information content (AvgIpc) is 1.12. The van der Waals surface area contributed by atoms with Gasteiger partial charge in [0.15, 0.2) is 58.7 Å². The second kappa shape index (κ2) is 56.7. The van der Waals surface area contributed by atoms with Crippen molar-refractivity contribution in [1.29, 1.82) is 15.8 Å². The summed E-state index contributed by atoms with van der Waals surface area (Å²) in [6.07, 6.45) is 4.45. The summed E-state index contributed by atoms with van der Waals surface area (Å²) in [5.74, 6) is -3.03. The predicted octanol–water partition coefficient (Wildman–Crippen LogP) is 19.5. The van der Waals surface area contributed by atoms with Crippen LogP contribution in [0.4, 0.5) is 26.3 Å². The van der Waals surface area contributed by atoms with Gasteiger partial charge in [-0.05, 0) is 265 Å². The topological polar surface area (TPSA) is 479 Å². The number of hydrogen-bond acceptors (Lipinski definition) is 31. The largest absolute Gasteiger partial charge is 1.00 e. The van der Waals surface area contributed by atoms with Gasteiger partial charge < -0.3 is 39.6 Å². The molecule has 811 valence electrons. The third kappa shape index (κ3) is 37.3. The number of unbranched alkanes of at least 4 members (excludes halogenated alkanes) is 1. The summed E-state index contributed by atoms with van der Waals surface area (Å²) < 4.78 is 236. The molecule has 53 heteroatoms. The van der Waals surface area contributed by atoms with E-state index >= 15 is 0 Å². The van der Waals surface area contributed by atoms with E-state index in [-0.39, 0.29) is 115 Å². The molecule has 0 aliphatic carbocycles. The summed E-state index contributed by atoms with van der Waals surface area (Å²) in [6, 6.07) is 21.3. The van der Waals surface area contributed by atoms with Gasteiger partial charge in [0.05, 0.1) is 140 Å². The molecule has 3 aliphatic heterocycles. The van der Waals surface area contributed by atoms with Crippen LogP contribution in [0.3, 0.4) is 0 Å². The summed E-state index contributed by atoms with van der Waals surface area (Å²) in [4.78, 5) is 18.9. The van der Waals surface area contributed by atoms with E-state index in [1.165, 1.54) is 158 Å². The Hall–Kier alpha value is -4.75. The number of aliphatic imine (C=N–C) groups is 3. The number of hydrogen-bond donors (Lipinski definition) is 7. The van der Waals surface area contributed by atoms with Crippen molar-refractivity contribution < 1.29 is 116 Å². The molecule has 0 unspecified atom stereocenters. The quantitative estimate of drug-likeness (QED) is 0.0130. The van der Waals surface area contributed by atoms with Crippen molar-refractivity contribution in [2.24, 2.45) is 52.0 Å². The van der Waals surface area contributed by atoms with Gasteiger partial charge in [-0.15, -0.1) is 80.4 Å². The molecule has 0 fully saturated rings. The number of amidine groups is 3. The number of halogens is 9. The van der Waals surface area contributed by atoms with Gasteiger partial charge in [0.25, 0.3) is 0 Å². The minimum Gasteiger partial charge on any atom is 1.00 e. The van der Waals surface area contributed by atoms with Gasteiger partial charge in [0, 0.05) is 11.6 Å². The first-order valence-electron chi connectivity index (χ1n) is 41.6. The fourth-order valence-electron chi connectivity index (χ4n) is 11.7. The minimum absolute atomic E-state index is 0. The third-order valence-electron chi connectivity index (χ3n) is 21.7. The molecule has 0 saturated heterocycles. The van der Waals surface area contributed by atoms with Gasteiger partial charge >= 0.3 is 68.8 Å². The summed E-state index contributed by atoms with van der Waals surface area (Å²) in [7, 11) is -10.1. The molecule has 144 heavy (non-hydrogen) atoms. The molecular weight excluding hydrogens is 2290 g/mol. The molecule has 1 radical (unpaired) electrons. The molecule has 10 heterocycles. The summed E-state index contributed by atoms with van der Waals surface area (Å²) >= 11 is 17.2. The number of nitrogens with one attached hydrogen (secondary N) is 2. The molecule has 3 aliphatic rings. The van der Waals surface area contributed by atoms with Crippen LogP contribution in [0.5, 0.6) is 5.75 Å². The van der Waals surface area contributed by atoms with Gasteiger partial charge in [-0.25, -0.2) is 81.6 Å². The van der Waals surface area contributed by atoms with Gasteiger partial charge in [-0.2, -0.15) is 26.6 Å². The van der Waals surface area contributed by atoms with Crippen molar-refractivity contribution in [2.75, 3.05) is 36.4 Å². The van der Waals surface area contributed by atoms with Crippen molar-refractivity contribution in [2.45, 2.75) is 282 Å². The molecule has 0 spiro atoms. The molecule has 0 saturated carbocycles. The second-order valence-corrected chi connectivity index (χ2v) is 62.1. The van der Waals surface area contributed by atoms with Crippen molar-refractivity contribution in [3.8, 4) is 34.5 Å². The third-order valence-corrected chi connectivity index (χ3v) is 45.3. The van der Waals surface area contributed by atoms with Crippen LogP contribution in [0.1, 0.15) is 250 Å². The number of nitrogens with two attached hydrogens (primary N) is 4. The first-order valence-corrected chi connectivity index (χ1v) is 60.0. The Balaban J connectivity index is -0.000000791. The number of para-hydroxylation sites is 1. The predicted molar refractivity (Wildman–Crippen MR) is 595 cm³/mol. The number of fused-ring (bicyclic) bond motifs is 1. The summed E-state index contributed by atoms with van der Waals surface area (Å²) in [5, 5.41) is 33.7. The van der Waals surface area contributed by atoms with Gasteiger partial charge in [-0.3, -0.25) is 15.0 Å². The van der Waals surface area contributed by atoms with Crippen molar-refractivity contribution in [3.63, 3.8) is 0 Å². The van der Waals surface area contributed by atoms with Gasteiger partial charge in [0.2, 0.25) is 0 Å². The Morgan fingerprint density at radius 3 is 1.35 bits per heavy atom. The van der Waals surface area contributed by atoms with E-state index in [2.05, 4.69) is 115 Å². The van der Waals surface area contributed by atoms with Crippen molar-refractivity contribution in [3.05, 3.63) is 157 Å². The first kappa shape index (κ1) is 145. The zero-order valence-electron chi connectivity index (χ0n) is 83.7. The average molecular weight is 2430 g/mol. The van der Waals surface area contributed by atoms with Crippen molar-refractivity contribution >= 4 is 232 Å². The molecule has 27 nitrogen and oxygen atoms in total. The molecule has 0 amide bonds. The van der Waals surface area contributed by atoms with E-state index in [4.69, 9.17) is 38.2 Å². The second-order valence-electron chi connectivity index (χ2n) is 38.1. The maximum absolute atomic E-state index is 15.0. The van der Waals surface area contributed by atoms with E-state index in [1.54, 1.807) is 63.1 Å². The monoisotopic (exact) mass is 2430 g/mol. The number of thiol groups is 1. The van der Waals surface area contributed by atoms with Crippen LogP contribution in [0.15, 0.2) is 110 Å². The van der Waals surface area contributed by atoms with Crippen molar-refractivity contribution in [1.82, 2.24) is 9.71 Å². The fourth-order valence-corrected chi connectivity index (χ4v) is 26.3. The Bertz CT molecular complexity index is 6570. The van der Waals surface area contributed by atoms with E-state index in [9.17, 15) is 82.1 Å². The zero-order valence-corrected chi connectivity index (χ0v) is 99.3. The number of aromatic amines is 1. The molecule has 7 aromatic heterocycles. The van der Waals surface area contributed by atoms with Crippen LogP contribution in [0.2, 0.25) is 0 Å². The SMILES string of the molecule is C.C.C.CC(=N[S@](=O)C(C)(C)C)c1sccc1F.CC(C)(C#N)CC[C@](C)(N[S@](=O)C(C)(C)C)c1sccc1F.CC(C)(C#N)S(=O)(=O)C[C@](C)(N)c1sccc1F.CC(C)(C#N)S(C)(=O)=O.CC1(C)C(N)=N[C@](C)(c2sc(Br)cc2F)CS1(=O)=O.CC1(C)C(N)=N[C@](C)(c2sccc2F)CS1(=O)=O.COc1cccc2cc(-c3cc(F)c([C@]4(C)CS(=O)(=O)C(C)(C)C(N)=N4)s3)[nH]c12.Cl.[B]=NS.[CH2-]CCC.[Cl][Cu].[Li+]. The number of nitriles is 3. The molecule has 11 rings (SSSR count). The minimum atomic E-state index is -3.76.